The first kappa shape index (κ1) is 8.94. The van der Waals surface area contributed by atoms with Gasteiger partial charge in [-0.15, -0.1) is 0 Å². The summed E-state index contributed by atoms with van der Waals surface area (Å²) in [6, 6.07) is 6.44. The van der Waals surface area contributed by atoms with Crippen molar-refractivity contribution in [3.8, 4) is 0 Å². The van der Waals surface area contributed by atoms with Gasteiger partial charge in [0.25, 0.3) is 0 Å². The van der Waals surface area contributed by atoms with Gasteiger partial charge in [0.2, 0.25) is 0 Å². The third-order valence-electron chi connectivity index (χ3n) is 2.07. The molecule has 0 unspecified atom stereocenters. The highest BCUT2D eigenvalue weighted by Gasteiger charge is 2.03. The number of fused-ring (bicyclic) bond motifs is 1. The summed E-state index contributed by atoms with van der Waals surface area (Å²) >= 11 is 0. The highest BCUT2D eigenvalue weighted by molar-refractivity contribution is 5.76. The maximum absolute atomic E-state index is 12.3. The second-order valence-corrected chi connectivity index (χ2v) is 3.21. The monoisotopic (exact) mass is 192 g/mol. The van der Waals surface area contributed by atoms with Crippen molar-refractivity contribution in [3.63, 3.8) is 0 Å². The third kappa shape index (κ3) is 1.41. The van der Waals surface area contributed by atoms with Crippen molar-refractivity contribution in [2.45, 2.75) is 13.6 Å². The maximum atomic E-state index is 12.3. The zero-order valence-electron chi connectivity index (χ0n) is 7.71. The molecule has 2 aromatic rings. The number of hydrogen-bond acceptors (Lipinski definition) is 2. The maximum Gasteiger partial charge on any atom is 0.193 e. The number of halogens is 1. The lowest BCUT2D eigenvalue weighted by Crippen LogP contribution is -2.01. The van der Waals surface area contributed by atoms with Crippen molar-refractivity contribution in [1.82, 2.24) is 0 Å². The molecule has 0 fully saturated rings. The fraction of sp³-hybridized carbons (Fsp3) is 0.182. The third-order valence-corrected chi connectivity index (χ3v) is 2.07. The van der Waals surface area contributed by atoms with Gasteiger partial charge in [-0.1, -0.05) is 6.07 Å². The normalized spacial score (nSPS) is 10.7. The first-order valence-corrected chi connectivity index (χ1v) is 4.30. The summed E-state index contributed by atoms with van der Waals surface area (Å²) in [5.41, 5.74) is 1.24. The van der Waals surface area contributed by atoms with Crippen LogP contribution < -0.4 is 5.43 Å². The average molecular weight is 192 g/mol. The quantitative estimate of drug-likeness (QED) is 0.695. The van der Waals surface area contributed by atoms with Gasteiger partial charge in [0.1, 0.15) is 18.0 Å². The number of benzene rings is 1. The molecule has 0 aliphatic heterocycles. The summed E-state index contributed by atoms with van der Waals surface area (Å²) < 4.78 is 17.5. The Morgan fingerprint density at radius 2 is 2.14 bits per heavy atom. The van der Waals surface area contributed by atoms with Crippen LogP contribution in [0.4, 0.5) is 4.39 Å². The molecule has 0 bridgehead atoms. The first-order chi connectivity index (χ1) is 6.70. The van der Waals surface area contributed by atoms with Crippen LogP contribution in [0.1, 0.15) is 11.3 Å². The Morgan fingerprint density at radius 3 is 2.86 bits per heavy atom. The number of rotatable bonds is 1. The van der Waals surface area contributed by atoms with Crippen LogP contribution in [-0.4, -0.2) is 0 Å². The van der Waals surface area contributed by atoms with Gasteiger partial charge in [-0.3, -0.25) is 4.79 Å². The van der Waals surface area contributed by atoms with Gasteiger partial charge in [0.05, 0.1) is 5.39 Å². The Kier molecular flexibility index (Phi) is 2.08. The van der Waals surface area contributed by atoms with E-state index >= 15 is 0 Å². The molecule has 1 aromatic carbocycles. The molecular weight excluding hydrogens is 183 g/mol. The Balaban J connectivity index is 2.84. The summed E-state index contributed by atoms with van der Waals surface area (Å²) in [7, 11) is 0. The highest BCUT2D eigenvalue weighted by atomic mass is 19.1. The van der Waals surface area contributed by atoms with Crippen molar-refractivity contribution in [2.75, 3.05) is 0 Å². The Morgan fingerprint density at radius 1 is 1.36 bits per heavy atom. The molecule has 14 heavy (non-hydrogen) atoms. The second-order valence-electron chi connectivity index (χ2n) is 3.21. The van der Waals surface area contributed by atoms with Crippen molar-refractivity contribution in [1.29, 1.82) is 0 Å². The second kappa shape index (κ2) is 3.25. The molecule has 0 amide bonds. The predicted molar refractivity (Wildman–Crippen MR) is 52.0 cm³/mol. The minimum Gasteiger partial charge on any atom is -0.458 e. The largest absolute Gasteiger partial charge is 0.458 e. The molecular formula is C11H9FO2. The van der Waals surface area contributed by atoms with Crippen LogP contribution in [0.15, 0.2) is 33.5 Å². The molecule has 0 atom stereocenters. The molecule has 0 saturated carbocycles. The lowest BCUT2D eigenvalue weighted by molar-refractivity contribution is 0.401. The van der Waals surface area contributed by atoms with Crippen LogP contribution in [0.2, 0.25) is 0 Å². The molecule has 3 heteroatoms. The molecule has 0 saturated heterocycles. The van der Waals surface area contributed by atoms with Crippen molar-refractivity contribution >= 4 is 11.0 Å². The predicted octanol–water partition coefficient (Wildman–Crippen LogP) is 2.57. The summed E-state index contributed by atoms with van der Waals surface area (Å²) in [4.78, 5) is 11.4. The van der Waals surface area contributed by atoms with E-state index in [4.69, 9.17) is 4.42 Å². The van der Waals surface area contributed by atoms with Crippen LogP contribution >= 0.6 is 0 Å². The molecule has 1 aromatic heterocycles. The van der Waals surface area contributed by atoms with Gasteiger partial charge in [-0.2, -0.15) is 0 Å². The molecule has 0 N–H and O–H groups in total. The smallest absolute Gasteiger partial charge is 0.193 e. The van der Waals surface area contributed by atoms with Gasteiger partial charge in [0, 0.05) is 6.07 Å². The number of aryl methyl sites for hydroxylation is 1. The minimum absolute atomic E-state index is 0.0769. The fourth-order valence-electron chi connectivity index (χ4n) is 1.38. The van der Waals surface area contributed by atoms with Crippen LogP contribution in [-0.2, 0) is 6.67 Å². The van der Waals surface area contributed by atoms with Gasteiger partial charge in [-0.05, 0) is 24.6 Å². The van der Waals surface area contributed by atoms with Crippen molar-refractivity contribution in [3.05, 3.63) is 45.8 Å². The van der Waals surface area contributed by atoms with Gasteiger partial charge in [0.15, 0.2) is 5.43 Å². The molecule has 0 aliphatic rings. The molecule has 2 rings (SSSR count). The summed E-state index contributed by atoms with van der Waals surface area (Å²) in [5, 5.41) is 0.493. The van der Waals surface area contributed by atoms with E-state index in [-0.39, 0.29) is 11.2 Å². The SMILES string of the molecule is Cc1ccc2c(=O)cc(CF)oc2c1. The van der Waals surface area contributed by atoms with E-state index in [0.29, 0.717) is 11.0 Å². The Bertz CT molecular complexity index is 528. The standard InChI is InChI=1S/C11H9FO2/c1-7-2-3-9-10(13)5-8(6-12)14-11(9)4-7/h2-5H,6H2,1H3. The zero-order valence-corrected chi connectivity index (χ0v) is 7.71. The van der Waals surface area contributed by atoms with Gasteiger partial charge < -0.3 is 4.42 Å². The van der Waals surface area contributed by atoms with Crippen LogP contribution in [0.25, 0.3) is 11.0 Å². The molecule has 0 aliphatic carbocycles. The Labute approximate surface area is 80.0 Å². The van der Waals surface area contributed by atoms with E-state index in [1.807, 2.05) is 13.0 Å². The molecule has 2 nitrogen and oxygen atoms in total. The molecule has 0 spiro atoms. The van der Waals surface area contributed by atoms with Gasteiger partial charge >= 0.3 is 0 Å². The van der Waals surface area contributed by atoms with Crippen LogP contribution in [0.3, 0.4) is 0 Å². The molecule has 72 valence electrons. The fourth-order valence-corrected chi connectivity index (χ4v) is 1.38. The van der Waals surface area contributed by atoms with Crippen LogP contribution in [0.5, 0.6) is 0 Å². The van der Waals surface area contributed by atoms with E-state index < -0.39 is 6.67 Å². The van der Waals surface area contributed by atoms with E-state index in [1.54, 1.807) is 12.1 Å². The number of alkyl halides is 1. The number of hydrogen-bond donors (Lipinski definition) is 0. The molecule has 0 radical (unpaired) electrons. The van der Waals surface area contributed by atoms with E-state index in [9.17, 15) is 9.18 Å². The Hall–Kier alpha value is -1.64. The van der Waals surface area contributed by atoms with E-state index in [2.05, 4.69) is 0 Å². The first-order valence-electron chi connectivity index (χ1n) is 4.30. The highest BCUT2D eigenvalue weighted by Crippen LogP contribution is 2.14. The van der Waals surface area contributed by atoms with E-state index in [1.165, 1.54) is 6.07 Å². The van der Waals surface area contributed by atoms with Crippen molar-refractivity contribution in [2.24, 2.45) is 0 Å². The topological polar surface area (TPSA) is 30.2 Å². The summed E-state index contributed by atoms with van der Waals surface area (Å²) in [5.74, 6) is 0.0769. The average Bonchev–Trinajstić information content (AvgIpc) is 2.16. The summed E-state index contributed by atoms with van der Waals surface area (Å²) in [6.45, 7) is 1.14. The van der Waals surface area contributed by atoms with Crippen molar-refractivity contribution < 1.29 is 8.81 Å². The molecule has 1 heterocycles. The zero-order chi connectivity index (χ0) is 10.1. The van der Waals surface area contributed by atoms with E-state index in [0.717, 1.165) is 5.56 Å². The minimum atomic E-state index is -0.751. The lowest BCUT2D eigenvalue weighted by Gasteiger charge is -1.99. The van der Waals surface area contributed by atoms with Crippen LogP contribution in [0, 0.1) is 6.92 Å². The summed E-state index contributed by atoms with van der Waals surface area (Å²) in [6.07, 6.45) is 0. The lowest BCUT2D eigenvalue weighted by atomic mass is 10.1. The van der Waals surface area contributed by atoms with Gasteiger partial charge in [-0.25, -0.2) is 4.39 Å².